The van der Waals surface area contributed by atoms with Gasteiger partial charge in [0.25, 0.3) is 5.91 Å². The van der Waals surface area contributed by atoms with Gasteiger partial charge in [-0.3, -0.25) is 9.78 Å². The molecule has 0 aromatic carbocycles. The summed E-state index contributed by atoms with van der Waals surface area (Å²) in [5.41, 5.74) is 2.73. The van der Waals surface area contributed by atoms with E-state index >= 15 is 0 Å². The summed E-state index contributed by atoms with van der Waals surface area (Å²) in [4.78, 5) is 25.5. The fourth-order valence-corrected chi connectivity index (χ4v) is 4.48. The first-order valence-corrected chi connectivity index (χ1v) is 9.34. The molecule has 0 aliphatic heterocycles. The number of carbonyl (C=O) groups excluding carboxylic acids is 1. The normalized spacial score (nSPS) is 23.9. The molecule has 1 amide bonds. The molecule has 2 atom stereocenters. The number of nitrogens with zero attached hydrogens (tertiary/aromatic N) is 4. The van der Waals surface area contributed by atoms with E-state index < -0.39 is 11.7 Å². The molecular formula is C20H20FN5O. The molecular weight excluding hydrogens is 345 g/mol. The Morgan fingerprint density at radius 1 is 1.30 bits per heavy atom. The number of carbonyl (C=O) groups is 1. The summed E-state index contributed by atoms with van der Waals surface area (Å²) in [6.07, 6.45) is 12.8. The molecule has 2 aliphatic rings. The zero-order valence-electron chi connectivity index (χ0n) is 15.1. The van der Waals surface area contributed by atoms with Gasteiger partial charge in [-0.1, -0.05) is 12.8 Å². The van der Waals surface area contributed by atoms with Crippen LogP contribution < -0.4 is 5.32 Å². The number of halogens is 1. The van der Waals surface area contributed by atoms with Gasteiger partial charge in [0.05, 0.1) is 23.3 Å². The van der Waals surface area contributed by atoms with E-state index in [1.165, 1.54) is 44.4 Å². The third-order valence-corrected chi connectivity index (χ3v) is 5.94. The van der Waals surface area contributed by atoms with Crippen LogP contribution in [0.15, 0.2) is 30.9 Å². The van der Waals surface area contributed by atoms with Gasteiger partial charge in [-0.2, -0.15) is 0 Å². The van der Waals surface area contributed by atoms with Gasteiger partial charge in [-0.25, -0.2) is 14.4 Å². The standard InChI is InChI=1S/C20H20FN5O/c1-12-10-26-11-14(6-15(21)18(26)24-12)25-19(27)16-8-23-17(9-22-16)20-5-3-2-4-13(20)7-20/h6,8-11,13H,2-5,7H2,1H3,(H,25,27). The number of anilines is 1. The number of amides is 1. The highest BCUT2D eigenvalue weighted by molar-refractivity contribution is 6.02. The lowest BCUT2D eigenvalue weighted by molar-refractivity contribution is 0.102. The smallest absolute Gasteiger partial charge is 0.275 e. The molecule has 27 heavy (non-hydrogen) atoms. The second-order valence-corrected chi connectivity index (χ2v) is 7.73. The largest absolute Gasteiger partial charge is 0.319 e. The number of aryl methyl sites for hydroxylation is 1. The molecule has 1 N–H and O–H groups in total. The van der Waals surface area contributed by atoms with Gasteiger partial charge in [0.2, 0.25) is 0 Å². The zero-order valence-corrected chi connectivity index (χ0v) is 15.1. The average molecular weight is 365 g/mol. The van der Waals surface area contributed by atoms with Crippen LogP contribution in [0.5, 0.6) is 0 Å². The highest BCUT2D eigenvalue weighted by Gasteiger charge is 2.56. The Morgan fingerprint density at radius 3 is 2.96 bits per heavy atom. The third kappa shape index (κ3) is 2.69. The Labute approximate surface area is 155 Å². The molecule has 0 radical (unpaired) electrons. The lowest BCUT2D eigenvalue weighted by atomic mass is 9.86. The minimum atomic E-state index is -0.487. The van der Waals surface area contributed by atoms with E-state index in [0.29, 0.717) is 11.4 Å². The van der Waals surface area contributed by atoms with Crippen molar-refractivity contribution in [2.45, 2.75) is 44.4 Å². The maximum atomic E-state index is 14.2. The van der Waals surface area contributed by atoms with Crippen molar-refractivity contribution in [3.63, 3.8) is 0 Å². The van der Waals surface area contributed by atoms with E-state index in [9.17, 15) is 9.18 Å². The van der Waals surface area contributed by atoms with Crippen LogP contribution in [0.1, 0.15) is 54.0 Å². The van der Waals surface area contributed by atoms with E-state index in [1.807, 2.05) is 0 Å². The number of hydrogen-bond acceptors (Lipinski definition) is 4. The van der Waals surface area contributed by atoms with E-state index in [4.69, 9.17) is 0 Å². The number of aromatic nitrogens is 4. The molecule has 0 spiro atoms. The minimum absolute atomic E-state index is 0.202. The number of fused-ring (bicyclic) bond motifs is 2. The first kappa shape index (κ1) is 16.4. The van der Waals surface area contributed by atoms with Crippen LogP contribution in [0.3, 0.4) is 0 Å². The van der Waals surface area contributed by atoms with Crippen LogP contribution in [0.2, 0.25) is 0 Å². The fraction of sp³-hybridized carbons (Fsp3) is 0.400. The van der Waals surface area contributed by atoms with Gasteiger partial charge in [0, 0.05) is 30.1 Å². The number of rotatable bonds is 3. The van der Waals surface area contributed by atoms with Gasteiger partial charge in [0.1, 0.15) is 5.69 Å². The molecule has 6 nitrogen and oxygen atoms in total. The highest BCUT2D eigenvalue weighted by Crippen LogP contribution is 2.61. The van der Waals surface area contributed by atoms with Crippen LogP contribution in [0, 0.1) is 18.7 Å². The molecule has 0 saturated heterocycles. The second-order valence-electron chi connectivity index (χ2n) is 7.73. The van der Waals surface area contributed by atoms with Crippen LogP contribution in [-0.4, -0.2) is 25.3 Å². The SMILES string of the molecule is Cc1cn2cc(NC(=O)c3cnc(C45CCCCC4C5)cn3)cc(F)c2n1. The zero-order chi connectivity index (χ0) is 18.6. The molecule has 0 bridgehead atoms. The predicted octanol–water partition coefficient (Wildman–Crippen LogP) is 3.66. The molecule has 3 aromatic heterocycles. The van der Waals surface area contributed by atoms with Gasteiger partial charge in [-0.05, 0) is 32.1 Å². The Hall–Kier alpha value is -2.83. The Balaban J connectivity index is 1.35. The summed E-state index contributed by atoms with van der Waals surface area (Å²) in [5.74, 6) is -0.162. The summed E-state index contributed by atoms with van der Waals surface area (Å²) in [5, 5.41) is 2.69. The van der Waals surface area contributed by atoms with Crippen molar-refractivity contribution in [2.75, 3.05) is 5.32 Å². The quantitative estimate of drug-likeness (QED) is 0.769. The molecule has 2 unspecified atom stereocenters. The third-order valence-electron chi connectivity index (χ3n) is 5.94. The van der Waals surface area contributed by atoms with Crippen molar-refractivity contribution in [2.24, 2.45) is 5.92 Å². The van der Waals surface area contributed by atoms with Crippen LogP contribution >= 0.6 is 0 Å². The molecule has 2 fully saturated rings. The molecule has 2 saturated carbocycles. The van der Waals surface area contributed by atoms with Crippen molar-refractivity contribution in [3.05, 3.63) is 53.8 Å². The summed E-state index contributed by atoms with van der Waals surface area (Å²) < 4.78 is 15.7. The van der Waals surface area contributed by atoms with Gasteiger partial charge in [0.15, 0.2) is 11.5 Å². The van der Waals surface area contributed by atoms with Crippen LogP contribution in [-0.2, 0) is 5.41 Å². The average Bonchev–Trinajstić information content (AvgIpc) is 3.30. The van der Waals surface area contributed by atoms with Crippen molar-refractivity contribution in [3.8, 4) is 0 Å². The van der Waals surface area contributed by atoms with Crippen LogP contribution in [0.25, 0.3) is 5.65 Å². The summed E-state index contributed by atoms with van der Waals surface area (Å²) in [6, 6.07) is 1.26. The van der Waals surface area contributed by atoms with Crippen molar-refractivity contribution in [1.29, 1.82) is 0 Å². The maximum absolute atomic E-state index is 14.2. The maximum Gasteiger partial charge on any atom is 0.275 e. The van der Waals surface area contributed by atoms with Crippen LogP contribution in [0.4, 0.5) is 10.1 Å². The Bertz CT molecular complexity index is 1040. The van der Waals surface area contributed by atoms with E-state index in [0.717, 1.165) is 11.6 Å². The molecule has 2 aliphatic carbocycles. The molecule has 3 aromatic rings. The van der Waals surface area contributed by atoms with E-state index in [2.05, 4.69) is 20.3 Å². The van der Waals surface area contributed by atoms with Crippen molar-refractivity contribution in [1.82, 2.24) is 19.4 Å². The topological polar surface area (TPSA) is 72.2 Å². The number of pyridine rings is 1. The first-order valence-electron chi connectivity index (χ1n) is 9.34. The molecule has 138 valence electrons. The second kappa shape index (κ2) is 5.84. The lowest BCUT2D eigenvalue weighted by Crippen LogP contribution is -2.19. The van der Waals surface area contributed by atoms with Crippen molar-refractivity contribution >= 4 is 17.2 Å². The van der Waals surface area contributed by atoms with E-state index in [1.54, 1.807) is 29.9 Å². The fourth-order valence-electron chi connectivity index (χ4n) is 4.48. The monoisotopic (exact) mass is 365 g/mol. The molecule has 3 heterocycles. The van der Waals surface area contributed by atoms with Gasteiger partial charge in [-0.15, -0.1) is 0 Å². The lowest BCUT2D eigenvalue weighted by Gasteiger charge is -2.21. The number of nitrogens with one attached hydrogen (secondary N) is 1. The molecule has 5 rings (SSSR count). The van der Waals surface area contributed by atoms with Gasteiger partial charge < -0.3 is 9.72 Å². The van der Waals surface area contributed by atoms with Gasteiger partial charge >= 0.3 is 0 Å². The summed E-state index contributed by atoms with van der Waals surface area (Å²) in [7, 11) is 0. The highest BCUT2D eigenvalue weighted by atomic mass is 19.1. The summed E-state index contributed by atoms with van der Waals surface area (Å²) >= 11 is 0. The Morgan fingerprint density at radius 2 is 2.19 bits per heavy atom. The first-order chi connectivity index (χ1) is 13.0. The number of hydrogen-bond donors (Lipinski definition) is 1. The summed E-state index contributed by atoms with van der Waals surface area (Å²) in [6.45, 7) is 1.79. The number of imidazole rings is 1. The predicted molar refractivity (Wildman–Crippen MR) is 98.1 cm³/mol. The van der Waals surface area contributed by atoms with E-state index in [-0.39, 0.29) is 16.8 Å². The van der Waals surface area contributed by atoms with Crippen molar-refractivity contribution < 1.29 is 9.18 Å². The Kier molecular flexibility index (Phi) is 3.54. The minimum Gasteiger partial charge on any atom is -0.319 e. The molecule has 7 heteroatoms.